The molecule has 0 N–H and O–H groups in total. The van der Waals surface area contributed by atoms with Gasteiger partial charge in [-0.1, -0.05) is 6.58 Å². The van der Waals surface area contributed by atoms with Crippen LogP contribution in [0, 0.1) is 11.8 Å². The van der Waals surface area contributed by atoms with E-state index < -0.39 is 0 Å². The third kappa shape index (κ3) is 4.32. The lowest BCUT2D eigenvalue weighted by Gasteiger charge is -2.29. The minimum atomic E-state index is -0.257. The molecule has 2 aliphatic carbocycles. The minimum absolute atomic E-state index is 0.0434. The highest BCUT2D eigenvalue weighted by atomic mass is 16.6. The molecule has 0 aromatic rings. The predicted octanol–water partition coefficient (Wildman–Crippen LogP) is 3.25. The first-order valence-corrected chi connectivity index (χ1v) is 8.71. The number of hydrogen-bond donors (Lipinski definition) is 0. The Balaban J connectivity index is 1.33. The van der Waals surface area contributed by atoms with Crippen molar-refractivity contribution in [3.05, 3.63) is 12.2 Å². The fraction of sp³-hybridized carbons (Fsp3) is 0.833. The molecule has 0 radical (unpaired) electrons. The van der Waals surface area contributed by atoms with Crippen molar-refractivity contribution in [2.24, 2.45) is 11.8 Å². The average molecular weight is 308 g/mol. The number of hydrogen-bond acceptors (Lipinski definition) is 4. The zero-order valence-corrected chi connectivity index (χ0v) is 13.6. The molecule has 0 aromatic heterocycles. The van der Waals surface area contributed by atoms with E-state index in [9.17, 15) is 4.79 Å². The molecule has 1 heterocycles. The maximum Gasteiger partial charge on any atom is 0.333 e. The summed E-state index contributed by atoms with van der Waals surface area (Å²) in [6, 6.07) is 0. The van der Waals surface area contributed by atoms with Crippen molar-refractivity contribution in [1.29, 1.82) is 0 Å². The maximum absolute atomic E-state index is 11.6. The van der Waals surface area contributed by atoms with Crippen LogP contribution in [0.5, 0.6) is 0 Å². The van der Waals surface area contributed by atoms with E-state index in [1.165, 1.54) is 25.7 Å². The number of ether oxygens (including phenoxy) is 3. The molecule has 1 saturated heterocycles. The van der Waals surface area contributed by atoms with E-state index in [-0.39, 0.29) is 12.1 Å². The van der Waals surface area contributed by atoms with Gasteiger partial charge in [0.2, 0.25) is 0 Å². The molecule has 0 spiro atoms. The summed E-state index contributed by atoms with van der Waals surface area (Å²) in [5.41, 5.74) is 0.483. The number of rotatable bonds is 6. The third-order valence-corrected chi connectivity index (χ3v) is 5.18. The van der Waals surface area contributed by atoms with Crippen molar-refractivity contribution < 1.29 is 19.0 Å². The Bertz CT molecular complexity index is 419. The van der Waals surface area contributed by atoms with Crippen molar-refractivity contribution in [1.82, 2.24) is 0 Å². The van der Waals surface area contributed by atoms with Crippen LogP contribution in [0.2, 0.25) is 0 Å². The van der Waals surface area contributed by atoms with Crippen LogP contribution in [0.15, 0.2) is 12.2 Å². The highest BCUT2D eigenvalue weighted by molar-refractivity contribution is 5.87. The molecular formula is C18H28O4. The molecule has 4 nitrogen and oxygen atoms in total. The fourth-order valence-electron chi connectivity index (χ4n) is 3.79. The van der Waals surface area contributed by atoms with Crippen molar-refractivity contribution in [2.75, 3.05) is 13.2 Å². The molecule has 0 aromatic carbocycles. The van der Waals surface area contributed by atoms with Crippen LogP contribution in [0.4, 0.5) is 0 Å². The quantitative estimate of drug-likeness (QED) is 0.429. The van der Waals surface area contributed by atoms with Gasteiger partial charge in [-0.25, -0.2) is 4.79 Å². The number of fused-ring (bicyclic) bond motifs is 1. The Morgan fingerprint density at radius 3 is 2.59 bits per heavy atom. The standard InChI is InChI=1S/C18H28O4/c1-12(2)18(19)21-15-5-3-4-13(8-15)10-20-11-14-6-7-16-17(9-14)22-16/h13-17H,1,3-11H2,2H3. The minimum Gasteiger partial charge on any atom is -0.459 e. The van der Waals surface area contributed by atoms with Gasteiger partial charge in [-0.3, -0.25) is 0 Å². The normalized spacial score (nSPS) is 37.2. The predicted molar refractivity (Wildman–Crippen MR) is 83.5 cm³/mol. The summed E-state index contributed by atoms with van der Waals surface area (Å²) < 4.78 is 17.0. The van der Waals surface area contributed by atoms with E-state index in [4.69, 9.17) is 14.2 Å². The molecule has 3 fully saturated rings. The van der Waals surface area contributed by atoms with Gasteiger partial charge in [0.1, 0.15) is 6.10 Å². The first kappa shape index (κ1) is 16.0. The molecule has 1 aliphatic heterocycles. The molecular weight excluding hydrogens is 280 g/mol. The Hall–Kier alpha value is -0.870. The van der Waals surface area contributed by atoms with E-state index in [1.54, 1.807) is 6.92 Å². The highest BCUT2D eigenvalue weighted by Gasteiger charge is 2.43. The largest absolute Gasteiger partial charge is 0.459 e. The van der Waals surface area contributed by atoms with Gasteiger partial charge in [-0.05, 0) is 63.7 Å². The van der Waals surface area contributed by atoms with Gasteiger partial charge in [0, 0.05) is 18.8 Å². The number of carbonyl (C=O) groups excluding carboxylic acids is 1. The van der Waals surface area contributed by atoms with Crippen LogP contribution >= 0.6 is 0 Å². The SMILES string of the molecule is C=C(C)C(=O)OC1CCCC(COCC2CCC3OC3C2)C1. The molecule has 0 bridgehead atoms. The average Bonchev–Trinajstić information content (AvgIpc) is 3.26. The second-order valence-corrected chi connectivity index (χ2v) is 7.27. The van der Waals surface area contributed by atoms with Gasteiger partial charge >= 0.3 is 5.97 Å². The van der Waals surface area contributed by atoms with Gasteiger partial charge in [0.15, 0.2) is 0 Å². The lowest BCUT2D eigenvalue weighted by Crippen LogP contribution is -2.28. The van der Waals surface area contributed by atoms with Crippen LogP contribution in [-0.4, -0.2) is 37.5 Å². The third-order valence-electron chi connectivity index (χ3n) is 5.18. The second-order valence-electron chi connectivity index (χ2n) is 7.27. The van der Waals surface area contributed by atoms with Crippen molar-refractivity contribution in [2.45, 2.75) is 70.2 Å². The van der Waals surface area contributed by atoms with Crippen LogP contribution < -0.4 is 0 Å². The number of esters is 1. The van der Waals surface area contributed by atoms with Gasteiger partial charge in [0.05, 0.1) is 12.2 Å². The van der Waals surface area contributed by atoms with Crippen molar-refractivity contribution in [3.63, 3.8) is 0 Å². The van der Waals surface area contributed by atoms with E-state index >= 15 is 0 Å². The smallest absolute Gasteiger partial charge is 0.333 e. The van der Waals surface area contributed by atoms with Gasteiger partial charge < -0.3 is 14.2 Å². The maximum atomic E-state index is 11.6. The summed E-state index contributed by atoms with van der Waals surface area (Å²) in [5.74, 6) is 0.933. The molecule has 4 heteroatoms. The summed E-state index contributed by atoms with van der Waals surface area (Å²) in [6.45, 7) is 7.00. The Labute approximate surface area is 133 Å². The summed E-state index contributed by atoms with van der Waals surface area (Å²) in [7, 11) is 0. The first-order chi connectivity index (χ1) is 10.6. The van der Waals surface area contributed by atoms with Crippen molar-refractivity contribution in [3.8, 4) is 0 Å². The van der Waals surface area contributed by atoms with Crippen LogP contribution in [0.25, 0.3) is 0 Å². The van der Waals surface area contributed by atoms with E-state index in [1.807, 2.05) is 0 Å². The molecule has 3 rings (SSSR count). The zero-order valence-electron chi connectivity index (χ0n) is 13.6. The van der Waals surface area contributed by atoms with Crippen LogP contribution in [-0.2, 0) is 19.0 Å². The molecule has 0 amide bonds. The topological polar surface area (TPSA) is 48.1 Å². The molecule has 3 aliphatic rings. The second kappa shape index (κ2) is 7.14. The van der Waals surface area contributed by atoms with E-state index in [0.717, 1.165) is 32.5 Å². The number of carbonyl (C=O) groups is 1. The lowest BCUT2D eigenvalue weighted by molar-refractivity contribution is -0.146. The first-order valence-electron chi connectivity index (χ1n) is 8.71. The molecule has 2 saturated carbocycles. The number of epoxide rings is 1. The molecule has 5 atom stereocenters. The zero-order chi connectivity index (χ0) is 15.5. The molecule has 5 unspecified atom stereocenters. The van der Waals surface area contributed by atoms with Gasteiger partial charge in [-0.15, -0.1) is 0 Å². The Kier molecular flexibility index (Phi) is 5.19. The molecule has 124 valence electrons. The summed E-state index contributed by atoms with van der Waals surface area (Å²) in [6.07, 6.45) is 8.96. The van der Waals surface area contributed by atoms with E-state index in [0.29, 0.717) is 29.6 Å². The summed E-state index contributed by atoms with van der Waals surface area (Å²) in [4.78, 5) is 11.6. The van der Waals surface area contributed by atoms with Crippen molar-refractivity contribution >= 4 is 5.97 Å². The summed E-state index contributed by atoms with van der Waals surface area (Å²) >= 11 is 0. The monoisotopic (exact) mass is 308 g/mol. The van der Waals surface area contributed by atoms with E-state index in [2.05, 4.69) is 6.58 Å². The van der Waals surface area contributed by atoms with Crippen LogP contribution in [0.1, 0.15) is 51.9 Å². The van der Waals surface area contributed by atoms with Gasteiger partial charge in [-0.2, -0.15) is 0 Å². The fourth-order valence-corrected chi connectivity index (χ4v) is 3.79. The Morgan fingerprint density at radius 1 is 1.09 bits per heavy atom. The molecule has 22 heavy (non-hydrogen) atoms. The van der Waals surface area contributed by atoms with Crippen LogP contribution in [0.3, 0.4) is 0 Å². The lowest BCUT2D eigenvalue weighted by atomic mass is 9.87. The van der Waals surface area contributed by atoms with Gasteiger partial charge in [0.25, 0.3) is 0 Å². The summed E-state index contributed by atoms with van der Waals surface area (Å²) in [5, 5.41) is 0. The Morgan fingerprint density at radius 2 is 1.86 bits per heavy atom. The highest BCUT2D eigenvalue weighted by Crippen LogP contribution is 2.39.